The molecule has 0 saturated carbocycles. The molecule has 0 unspecified atom stereocenters. The quantitative estimate of drug-likeness (QED) is 0.336. The molecule has 1 aromatic heterocycles. The van der Waals surface area contributed by atoms with Gasteiger partial charge in [0.25, 0.3) is 5.69 Å². The van der Waals surface area contributed by atoms with Crippen LogP contribution in [0.15, 0.2) is 48.8 Å². The summed E-state index contributed by atoms with van der Waals surface area (Å²) >= 11 is 0. The van der Waals surface area contributed by atoms with Crippen LogP contribution < -0.4 is 14.4 Å². The summed E-state index contributed by atoms with van der Waals surface area (Å²) in [6.07, 6.45) is 3.17. The van der Waals surface area contributed by atoms with E-state index in [1.54, 1.807) is 29.9 Å². The number of rotatable bonds is 7. The Labute approximate surface area is 172 Å². The zero-order valence-electron chi connectivity index (χ0n) is 16.6. The van der Waals surface area contributed by atoms with Gasteiger partial charge in [-0.1, -0.05) is 6.07 Å². The Bertz CT molecular complexity index is 1120. The number of carbonyl (C=O) groups excluding carboxylic acids is 1. The topological polar surface area (TPSA) is 99.7 Å². The van der Waals surface area contributed by atoms with Crippen molar-refractivity contribution in [2.24, 2.45) is 7.05 Å². The Kier molecular flexibility index (Phi) is 5.09. The molecule has 0 atom stereocenters. The number of carbonyl (C=O) groups is 1. The molecule has 0 spiro atoms. The number of anilines is 1. The fourth-order valence-electron chi connectivity index (χ4n) is 3.42. The van der Waals surface area contributed by atoms with Crippen molar-refractivity contribution >= 4 is 17.2 Å². The van der Waals surface area contributed by atoms with E-state index in [9.17, 15) is 14.9 Å². The van der Waals surface area contributed by atoms with Crippen molar-refractivity contribution in [2.75, 3.05) is 18.2 Å². The number of ether oxygens (including phenoxy) is 2. The van der Waals surface area contributed by atoms with Crippen LogP contribution in [0.2, 0.25) is 0 Å². The molecule has 0 amide bonds. The van der Waals surface area contributed by atoms with Crippen molar-refractivity contribution < 1.29 is 19.2 Å². The molecule has 0 bridgehead atoms. The van der Waals surface area contributed by atoms with E-state index in [2.05, 4.69) is 4.98 Å². The van der Waals surface area contributed by atoms with Crippen molar-refractivity contribution in [3.63, 3.8) is 0 Å². The van der Waals surface area contributed by atoms with Gasteiger partial charge in [0.1, 0.15) is 5.69 Å². The van der Waals surface area contributed by atoms with Gasteiger partial charge in [0.2, 0.25) is 12.6 Å². The third-order valence-corrected chi connectivity index (χ3v) is 4.99. The summed E-state index contributed by atoms with van der Waals surface area (Å²) in [5.74, 6) is 1.21. The number of aromatic nitrogens is 2. The standard InChI is InChI=1S/C21H20N4O5/c1-3-24(12-14-4-7-18-19(10-14)30-13-29-18)16-6-5-15(11-17(16)25(27)28)20(26)21-22-8-9-23(21)2/h4-11H,3,12-13H2,1-2H3. The van der Waals surface area contributed by atoms with E-state index in [0.29, 0.717) is 30.3 Å². The van der Waals surface area contributed by atoms with Crippen LogP contribution in [0.5, 0.6) is 11.5 Å². The lowest BCUT2D eigenvalue weighted by Crippen LogP contribution is -2.23. The number of fused-ring (bicyclic) bond motifs is 1. The van der Waals surface area contributed by atoms with Crippen molar-refractivity contribution in [1.29, 1.82) is 0 Å². The van der Waals surface area contributed by atoms with E-state index < -0.39 is 4.92 Å². The number of hydrogen-bond acceptors (Lipinski definition) is 7. The lowest BCUT2D eigenvalue weighted by molar-refractivity contribution is -0.384. The van der Waals surface area contributed by atoms with E-state index in [0.717, 1.165) is 5.56 Å². The van der Waals surface area contributed by atoms with Gasteiger partial charge in [-0.05, 0) is 36.8 Å². The Morgan fingerprint density at radius 2 is 2.03 bits per heavy atom. The fraction of sp³-hybridized carbons (Fsp3) is 0.238. The lowest BCUT2D eigenvalue weighted by atomic mass is 10.1. The number of aryl methyl sites for hydroxylation is 1. The van der Waals surface area contributed by atoms with Crippen LogP contribution in [0.1, 0.15) is 28.7 Å². The zero-order valence-corrected chi connectivity index (χ0v) is 16.6. The van der Waals surface area contributed by atoms with Gasteiger partial charge in [0, 0.05) is 44.2 Å². The van der Waals surface area contributed by atoms with E-state index in [1.165, 1.54) is 12.3 Å². The summed E-state index contributed by atoms with van der Waals surface area (Å²) in [4.78, 5) is 29.9. The van der Waals surface area contributed by atoms with Gasteiger partial charge in [0.05, 0.1) is 4.92 Å². The molecule has 9 heteroatoms. The molecule has 2 heterocycles. The second-order valence-corrected chi connectivity index (χ2v) is 6.85. The van der Waals surface area contributed by atoms with Crippen molar-refractivity contribution in [2.45, 2.75) is 13.5 Å². The lowest BCUT2D eigenvalue weighted by Gasteiger charge is -2.23. The zero-order chi connectivity index (χ0) is 21.3. The normalized spacial score (nSPS) is 12.1. The molecule has 1 aliphatic rings. The van der Waals surface area contributed by atoms with Crippen molar-refractivity contribution in [3.8, 4) is 11.5 Å². The maximum Gasteiger partial charge on any atom is 0.293 e. The smallest absolute Gasteiger partial charge is 0.293 e. The minimum absolute atomic E-state index is 0.127. The van der Waals surface area contributed by atoms with E-state index >= 15 is 0 Å². The molecule has 1 aliphatic heterocycles. The highest BCUT2D eigenvalue weighted by molar-refractivity contribution is 6.07. The van der Waals surface area contributed by atoms with Crippen molar-refractivity contribution in [1.82, 2.24) is 9.55 Å². The number of ketones is 1. The Morgan fingerprint density at radius 3 is 2.73 bits per heavy atom. The van der Waals surface area contributed by atoms with Crippen LogP contribution in [0, 0.1) is 10.1 Å². The summed E-state index contributed by atoms with van der Waals surface area (Å²) in [5, 5.41) is 11.8. The van der Waals surface area contributed by atoms with E-state index in [-0.39, 0.29) is 29.7 Å². The summed E-state index contributed by atoms with van der Waals surface area (Å²) in [6, 6.07) is 10.1. The summed E-state index contributed by atoms with van der Waals surface area (Å²) < 4.78 is 12.3. The molecular formula is C21H20N4O5. The number of nitro benzene ring substituents is 1. The minimum Gasteiger partial charge on any atom is -0.454 e. The van der Waals surface area contributed by atoms with E-state index in [1.807, 2.05) is 30.0 Å². The number of hydrogen-bond donors (Lipinski definition) is 0. The molecule has 0 aliphatic carbocycles. The maximum absolute atomic E-state index is 12.7. The Hall–Kier alpha value is -3.88. The minimum atomic E-state index is -0.465. The van der Waals surface area contributed by atoms with Crippen LogP contribution in [0.4, 0.5) is 11.4 Å². The Balaban J connectivity index is 1.65. The van der Waals surface area contributed by atoms with Gasteiger partial charge < -0.3 is 18.9 Å². The monoisotopic (exact) mass is 408 g/mol. The average molecular weight is 408 g/mol. The molecule has 0 saturated heterocycles. The van der Waals surface area contributed by atoms with Crippen LogP contribution in [-0.2, 0) is 13.6 Å². The summed E-state index contributed by atoms with van der Waals surface area (Å²) in [7, 11) is 1.70. The number of nitrogens with zero attached hydrogens (tertiary/aromatic N) is 4. The fourth-order valence-corrected chi connectivity index (χ4v) is 3.42. The van der Waals surface area contributed by atoms with Crippen LogP contribution in [0.3, 0.4) is 0 Å². The number of benzene rings is 2. The second kappa shape index (κ2) is 7.86. The van der Waals surface area contributed by atoms with Crippen molar-refractivity contribution in [3.05, 3.63) is 75.9 Å². The predicted octanol–water partition coefficient (Wildman–Crippen LogP) is 3.31. The molecular weight excluding hydrogens is 388 g/mol. The molecule has 0 fully saturated rings. The molecule has 154 valence electrons. The van der Waals surface area contributed by atoms with Gasteiger partial charge >= 0.3 is 0 Å². The van der Waals surface area contributed by atoms with Gasteiger partial charge in [-0.3, -0.25) is 14.9 Å². The molecule has 4 rings (SSSR count). The van der Waals surface area contributed by atoms with Gasteiger partial charge in [0.15, 0.2) is 17.3 Å². The summed E-state index contributed by atoms with van der Waals surface area (Å²) in [5.41, 5.74) is 1.47. The highest BCUT2D eigenvalue weighted by Crippen LogP contribution is 2.35. The highest BCUT2D eigenvalue weighted by Gasteiger charge is 2.24. The van der Waals surface area contributed by atoms with Gasteiger partial charge in [-0.15, -0.1) is 0 Å². The molecule has 0 N–H and O–H groups in total. The molecule has 3 aromatic rings. The average Bonchev–Trinajstić information content (AvgIpc) is 3.39. The third kappa shape index (κ3) is 3.57. The Morgan fingerprint density at radius 1 is 1.23 bits per heavy atom. The largest absolute Gasteiger partial charge is 0.454 e. The molecule has 9 nitrogen and oxygen atoms in total. The second-order valence-electron chi connectivity index (χ2n) is 6.85. The predicted molar refractivity (Wildman–Crippen MR) is 109 cm³/mol. The van der Waals surface area contributed by atoms with Crippen LogP contribution >= 0.6 is 0 Å². The highest BCUT2D eigenvalue weighted by atomic mass is 16.7. The first-order valence-corrected chi connectivity index (χ1v) is 9.42. The van der Waals surface area contributed by atoms with Gasteiger partial charge in [-0.2, -0.15) is 0 Å². The SMILES string of the molecule is CCN(Cc1ccc2c(c1)OCO2)c1ccc(C(=O)c2nccn2C)cc1[N+](=O)[O-]. The molecule has 0 radical (unpaired) electrons. The molecule has 2 aromatic carbocycles. The number of nitro groups is 1. The van der Waals surface area contributed by atoms with E-state index in [4.69, 9.17) is 9.47 Å². The van der Waals surface area contributed by atoms with Crippen LogP contribution in [0.25, 0.3) is 0 Å². The maximum atomic E-state index is 12.7. The summed E-state index contributed by atoms with van der Waals surface area (Å²) in [6.45, 7) is 3.10. The first-order chi connectivity index (χ1) is 14.5. The first kappa shape index (κ1) is 19.4. The first-order valence-electron chi connectivity index (χ1n) is 9.42. The number of imidazole rings is 1. The molecule has 30 heavy (non-hydrogen) atoms. The van der Waals surface area contributed by atoms with Gasteiger partial charge in [-0.25, -0.2) is 4.98 Å². The third-order valence-electron chi connectivity index (χ3n) is 4.99. The van der Waals surface area contributed by atoms with Crippen LogP contribution in [-0.4, -0.2) is 33.6 Å².